The first-order valence-corrected chi connectivity index (χ1v) is 2.35. The van der Waals surface area contributed by atoms with Crippen molar-refractivity contribution in [2.24, 2.45) is 11.5 Å². The number of hydrogen-bond donors (Lipinski definition) is 4. The average molecular weight is 131 g/mol. The van der Waals surface area contributed by atoms with Crippen molar-refractivity contribution < 1.29 is 9.90 Å². The van der Waals surface area contributed by atoms with Gasteiger partial charge in [0, 0.05) is 6.42 Å². The van der Waals surface area contributed by atoms with E-state index in [9.17, 15) is 4.79 Å². The summed E-state index contributed by atoms with van der Waals surface area (Å²) in [6.45, 7) is 0. The Bertz CT molecular complexity index is 134. The summed E-state index contributed by atoms with van der Waals surface area (Å²) < 4.78 is 0. The fraction of sp³-hybridized carbons (Fsp3) is 0.500. The summed E-state index contributed by atoms with van der Waals surface area (Å²) in [5, 5.41) is 14.8. The van der Waals surface area contributed by atoms with Gasteiger partial charge in [0.15, 0.2) is 0 Å². The molecule has 0 saturated carbocycles. The van der Waals surface area contributed by atoms with Gasteiger partial charge in [-0.15, -0.1) is 0 Å². The number of carboxylic acid groups (broad SMARTS) is 1. The topological polar surface area (TPSA) is 113 Å². The van der Waals surface area contributed by atoms with Crippen LogP contribution in [-0.4, -0.2) is 23.0 Å². The second-order valence-corrected chi connectivity index (χ2v) is 1.67. The smallest absolute Gasteiger partial charge is 0.320 e. The minimum absolute atomic E-state index is 0.0880. The number of carboxylic acids is 1. The normalized spacial score (nSPS) is 12.6. The second-order valence-electron chi connectivity index (χ2n) is 1.67. The molecule has 0 amide bonds. The van der Waals surface area contributed by atoms with Crippen molar-refractivity contribution in [3.8, 4) is 0 Å². The van der Waals surface area contributed by atoms with Gasteiger partial charge in [-0.1, -0.05) is 0 Å². The lowest BCUT2D eigenvalue weighted by molar-refractivity contribution is -0.138. The maximum atomic E-state index is 9.96. The molecule has 1 atom stereocenters. The third kappa shape index (κ3) is 3.48. The molecule has 0 aliphatic heterocycles. The fourth-order valence-corrected chi connectivity index (χ4v) is 0.324. The largest absolute Gasteiger partial charge is 0.480 e. The molecule has 0 aromatic heterocycles. The lowest BCUT2D eigenvalue weighted by Gasteiger charge is -2.01. The van der Waals surface area contributed by atoms with Gasteiger partial charge >= 0.3 is 5.97 Å². The van der Waals surface area contributed by atoms with Crippen LogP contribution in [0.15, 0.2) is 0 Å². The van der Waals surface area contributed by atoms with E-state index in [0.717, 1.165) is 0 Å². The summed E-state index contributed by atoms with van der Waals surface area (Å²) in [7, 11) is 0. The van der Waals surface area contributed by atoms with Crippen molar-refractivity contribution in [1.29, 1.82) is 5.41 Å². The number of nitrogens with one attached hydrogen (secondary N) is 1. The predicted molar refractivity (Wildman–Crippen MR) is 32.1 cm³/mol. The Morgan fingerprint density at radius 1 is 1.78 bits per heavy atom. The van der Waals surface area contributed by atoms with Crippen LogP contribution in [-0.2, 0) is 4.79 Å². The number of hydrogen-bond acceptors (Lipinski definition) is 3. The van der Waals surface area contributed by atoms with E-state index in [0.29, 0.717) is 0 Å². The summed E-state index contributed by atoms with van der Waals surface area (Å²) in [6.07, 6.45) is -0.0880. The summed E-state index contributed by atoms with van der Waals surface area (Å²) in [4.78, 5) is 9.96. The molecule has 0 spiro atoms. The van der Waals surface area contributed by atoms with Gasteiger partial charge in [-0.3, -0.25) is 10.2 Å². The molecule has 0 unspecified atom stereocenters. The van der Waals surface area contributed by atoms with Crippen molar-refractivity contribution in [2.75, 3.05) is 0 Å². The van der Waals surface area contributed by atoms with Gasteiger partial charge in [0.2, 0.25) is 0 Å². The van der Waals surface area contributed by atoms with E-state index in [1.165, 1.54) is 0 Å². The average Bonchev–Trinajstić information content (AvgIpc) is 1.63. The van der Waals surface area contributed by atoms with Crippen LogP contribution in [0.4, 0.5) is 0 Å². The van der Waals surface area contributed by atoms with Crippen LogP contribution in [0.1, 0.15) is 6.42 Å². The quantitative estimate of drug-likeness (QED) is 0.282. The highest BCUT2D eigenvalue weighted by Gasteiger charge is 2.11. The number of aliphatic carboxylic acids is 1. The molecule has 5 heteroatoms. The molecule has 0 bridgehead atoms. The van der Waals surface area contributed by atoms with Gasteiger partial charge in [-0.05, 0) is 0 Å². The first kappa shape index (κ1) is 7.90. The zero-order valence-corrected chi connectivity index (χ0v) is 4.79. The number of amidine groups is 1. The van der Waals surface area contributed by atoms with Gasteiger partial charge in [-0.2, -0.15) is 0 Å². The lowest BCUT2D eigenvalue weighted by atomic mass is 10.2. The van der Waals surface area contributed by atoms with Crippen LogP contribution in [0.5, 0.6) is 0 Å². The second kappa shape index (κ2) is 3.03. The summed E-state index contributed by atoms with van der Waals surface area (Å²) in [6, 6.07) is -1.04. The van der Waals surface area contributed by atoms with Crippen molar-refractivity contribution in [3.05, 3.63) is 0 Å². The molecule has 0 radical (unpaired) electrons. The highest BCUT2D eigenvalue weighted by atomic mass is 16.4. The van der Waals surface area contributed by atoms with Crippen LogP contribution < -0.4 is 11.5 Å². The molecule has 0 heterocycles. The highest BCUT2D eigenvalue weighted by Crippen LogP contribution is 1.84. The zero-order valence-electron chi connectivity index (χ0n) is 4.79. The number of rotatable bonds is 3. The van der Waals surface area contributed by atoms with E-state index in [1.807, 2.05) is 0 Å². The van der Waals surface area contributed by atoms with E-state index in [-0.39, 0.29) is 12.3 Å². The lowest BCUT2D eigenvalue weighted by Crippen LogP contribution is -2.34. The van der Waals surface area contributed by atoms with Gasteiger partial charge in [0.25, 0.3) is 0 Å². The van der Waals surface area contributed by atoms with E-state index >= 15 is 0 Å². The molecule has 6 N–H and O–H groups in total. The zero-order chi connectivity index (χ0) is 7.44. The predicted octanol–water partition coefficient (Wildman–Crippen LogP) is -1.28. The molecule has 0 aliphatic carbocycles. The van der Waals surface area contributed by atoms with Crippen molar-refractivity contribution in [1.82, 2.24) is 0 Å². The molecule has 0 fully saturated rings. The summed E-state index contributed by atoms with van der Waals surface area (Å²) >= 11 is 0. The maximum absolute atomic E-state index is 9.96. The first-order chi connectivity index (χ1) is 4.04. The van der Waals surface area contributed by atoms with Gasteiger partial charge < -0.3 is 16.6 Å². The molecular formula is C4H9N3O2. The number of nitrogens with two attached hydrogens (primary N) is 2. The van der Waals surface area contributed by atoms with E-state index in [4.69, 9.17) is 22.0 Å². The minimum atomic E-state index is -1.13. The Kier molecular flexibility index (Phi) is 2.66. The third-order valence-electron chi connectivity index (χ3n) is 0.757. The van der Waals surface area contributed by atoms with E-state index in [2.05, 4.69) is 0 Å². The Morgan fingerprint density at radius 3 is 2.33 bits per heavy atom. The third-order valence-corrected chi connectivity index (χ3v) is 0.757. The molecule has 0 saturated heterocycles. The van der Waals surface area contributed by atoms with Crippen LogP contribution in [0.25, 0.3) is 0 Å². The molecule has 52 valence electrons. The molecule has 9 heavy (non-hydrogen) atoms. The first-order valence-electron chi connectivity index (χ1n) is 2.35. The highest BCUT2D eigenvalue weighted by molar-refractivity contribution is 5.84. The molecule has 0 aromatic rings. The van der Waals surface area contributed by atoms with Crippen molar-refractivity contribution in [2.45, 2.75) is 12.5 Å². The maximum Gasteiger partial charge on any atom is 0.320 e. The van der Waals surface area contributed by atoms with E-state index in [1.54, 1.807) is 0 Å². The summed E-state index contributed by atoms with van der Waals surface area (Å²) in [5.74, 6) is -1.34. The standard InChI is InChI=1S/C4H9N3O2/c5-2(4(8)9)1-3(6)7/h2H,1,5H2,(H3,6,7)(H,8,9)/t2-/m1/s1. The van der Waals surface area contributed by atoms with E-state index < -0.39 is 12.0 Å². The van der Waals surface area contributed by atoms with Gasteiger partial charge in [0.05, 0.1) is 5.84 Å². The minimum Gasteiger partial charge on any atom is -0.480 e. The van der Waals surface area contributed by atoms with Gasteiger partial charge in [0.1, 0.15) is 6.04 Å². The van der Waals surface area contributed by atoms with Crippen LogP contribution >= 0.6 is 0 Å². The Hall–Kier alpha value is -1.10. The monoisotopic (exact) mass is 131 g/mol. The molecule has 5 nitrogen and oxygen atoms in total. The SMILES string of the molecule is N=C(N)C[C@@H](N)C(=O)O. The fourth-order valence-electron chi connectivity index (χ4n) is 0.324. The van der Waals surface area contributed by atoms with Crippen LogP contribution in [0.2, 0.25) is 0 Å². The van der Waals surface area contributed by atoms with Crippen molar-refractivity contribution in [3.63, 3.8) is 0 Å². The molecule has 0 rings (SSSR count). The molecular weight excluding hydrogens is 122 g/mol. The van der Waals surface area contributed by atoms with Crippen LogP contribution in [0.3, 0.4) is 0 Å². The molecule has 0 aromatic carbocycles. The summed E-state index contributed by atoms with van der Waals surface area (Å²) in [5.41, 5.74) is 9.87. The Balaban J connectivity index is 3.63. The van der Waals surface area contributed by atoms with Crippen molar-refractivity contribution >= 4 is 11.8 Å². The Labute approximate surface area is 52.2 Å². The van der Waals surface area contributed by atoms with Crippen LogP contribution in [0, 0.1) is 5.41 Å². The Morgan fingerprint density at radius 2 is 2.22 bits per heavy atom. The number of carbonyl (C=O) groups is 1. The molecule has 0 aliphatic rings. The van der Waals surface area contributed by atoms with Gasteiger partial charge in [-0.25, -0.2) is 0 Å².